The van der Waals surface area contributed by atoms with Gasteiger partial charge >= 0.3 is 11.9 Å². The zero-order valence-electron chi connectivity index (χ0n) is 7.15. The number of methoxy groups -OCH3 is 1. The van der Waals surface area contributed by atoms with Gasteiger partial charge in [0.1, 0.15) is 9.39 Å². The van der Waals surface area contributed by atoms with Crippen molar-refractivity contribution in [2.75, 3.05) is 7.11 Å². The number of ether oxygens (including phenoxy) is 1. The van der Waals surface area contributed by atoms with E-state index in [0.29, 0.717) is 3.70 Å². The molecule has 0 saturated heterocycles. The van der Waals surface area contributed by atoms with Crippen LogP contribution in [-0.2, 0) is 4.74 Å². The van der Waals surface area contributed by atoms with Crippen molar-refractivity contribution in [1.29, 1.82) is 0 Å². The van der Waals surface area contributed by atoms with Crippen molar-refractivity contribution in [3.63, 3.8) is 0 Å². The van der Waals surface area contributed by atoms with E-state index < -0.39 is 11.9 Å². The third kappa shape index (κ3) is 2.41. The normalized spacial score (nSPS) is 9.57. The van der Waals surface area contributed by atoms with E-state index in [1.807, 2.05) is 22.6 Å². The van der Waals surface area contributed by atoms with E-state index in [2.05, 4.69) is 9.72 Å². The number of nitrogens with zero attached hydrogens (tertiary/aromatic N) is 1. The molecular weight excluding hydrogens is 301 g/mol. The number of halogens is 1. The summed E-state index contributed by atoms with van der Waals surface area (Å²) in [5, 5.41) is 8.67. The molecule has 1 heterocycles. The molecule has 1 aromatic heterocycles. The largest absolute Gasteiger partial charge is 0.477 e. The first-order chi connectivity index (χ1) is 6.54. The fourth-order valence-corrected chi connectivity index (χ4v) is 1.44. The van der Waals surface area contributed by atoms with Crippen LogP contribution in [0.15, 0.2) is 12.1 Å². The van der Waals surface area contributed by atoms with Gasteiger partial charge in [-0.1, -0.05) is 0 Å². The smallest absolute Gasteiger partial charge is 0.354 e. The average Bonchev–Trinajstić information content (AvgIpc) is 2.15. The number of hydrogen-bond donors (Lipinski definition) is 1. The summed E-state index contributed by atoms with van der Waals surface area (Å²) in [5.74, 6) is -1.75. The molecule has 0 aliphatic carbocycles. The van der Waals surface area contributed by atoms with Crippen LogP contribution in [0, 0.1) is 3.70 Å². The highest BCUT2D eigenvalue weighted by Crippen LogP contribution is 2.09. The van der Waals surface area contributed by atoms with Crippen LogP contribution in [0.1, 0.15) is 20.8 Å². The Morgan fingerprint density at radius 1 is 1.50 bits per heavy atom. The number of aromatic nitrogens is 1. The second-order valence-electron chi connectivity index (χ2n) is 2.36. The van der Waals surface area contributed by atoms with Gasteiger partial charge in [-0.25, -0.2) is 14.6 Å². The van der Waals surface area contributed by atoms with Crippen LogP contribution in [0.4, 0.5) is 0 Å². The van der Waals surface area contributed by atoms with E-state index in [9.17, 15) is 9.59 Å². The lowest BCUT2D eigenvalue weighted by molar-refractivity contribution is 0.0600. The Bertz CT molecular complexity index is 391. The highest BCUT2D eigenvalue weighted by molar-refractivity contribution is 14.1. The van der Waals surface area contributed by atoms with E-state index in [4.69, 9.17) is 5.11 Å². The van der Waals surface area contributed by atoms with Crippen LogP contribution in [-0.4, -0.2) is 29.1 Å². The minimum atomic E-state index is -1.17. The standard InChI is InChI=1S/C8H6INO4/c1-14-8(13)4-2-5(7(11)12)10-6(9)3-4/h2-3H,1H3,(H,11,12). The number of carbonyl (C=O) groups is 2. The number of carboxylic acid groups (broad SMARTS) is 1. The Balaban J connectivity index is 3.20. The van der Waals surface area contributed by atoms with E-state index >= 15 is 0 Å². The molecule has 1 aromatic rings. The lowest BCUT2D eigenvalue weighted by Crippen LogP contribution is -2.07. The van der Waals surface area contributed by atoms with Crippen molar-refractivity contribution < 1.29 is 19.4 Å². The van der Waals surface area contributed by atoms with E-state index in [1.54, 1.807) is 0 Å². The van der Waals surface area contributed by atoms with Gasteiger partial charge < -0.3 is 9.84 Å². The summed E-state index contributed by atoms with van der Waals surface area (Å²) in [4.78, 5) is 25.4. The SMILES string of the molecule is COC(=O)c1cc(I)nc(C(=O)O)c1. The summed E-state index contributed by atoms with van der Waals surface area (Å²) >= 11 is 1.83. The molecule has 0 saturated carbocycles. The first-order valence-electron chi connectivity index (χ1n) is 3.54. The second kappa shape index (κ2) is 4.36. The molecule has 0 radical (unpaired) electrons. The van der Waals surface area contributed by atoms with Gasteiger partial charge in [0, 0.05) is 0 Å². The van der Waals surface area contributed by atoms with Crippen molar-refractivity contribution in [2.24, 2.45) is 0 Å². The molecule has 6 heteroatoms. The summed E-state index contributed by atoms with van der Waals surface area (Å²) in [6.07, 6.45) is 0. The molecule has 0 spiro atoms. The van der Waals surface area contributed by atoms with Gasteiger partial charge in [0.2, 0.25) is 0 Å². The topological polar surface area (TPSA) is 76.5 Å². The van der Waals surface area contributed by atoms with E-state index in [-0.39, 0.29) is 11.3 Å². The lowest BCUT2D eigenvalue weighted by Gasteiger charge is -2.01. The predicted octanol–water partition coefficient (Wildman–Crippen LogP) is 1.17. The van der Waals surface area contributed by atoms with Crippen molar-refractivity contribution in [2.45, 2.75) is 0 Å². The third-order valence-electron chi connectivity index (χ3n) is 1.43. The van der Waals surface area contributed by atoms with Crippen molar-refractivity contribution >= 4 is 34.5 Å². The van der Waals surface area contributed by atoms with Gasteiger partial charge in [-0.3, -0.25) is 0 Å². The molecule has 0 atom stereocenters. The molecule has 0 aromatic carbocycles. The summed E-state index contributed by atoms with van der Waals surface area (Å²) in [7, 11) is 1.23. The minimum Gasteiger partial charge on any atom is -0.477 e. The van der Waals surface area contributed by atoms with Gasteiger partial charge in [0.25, 0.3) is 0 Å². The van der Waals surface area contributed by atoms with Crippen molar-refractivity contribution in [3.8, 4) is 0 Å². The maximum absolute atomic E-state index is 11.1. The summed E-state index contributed by atoms with van der Waals surface area (Å²) in [6.45, 7) is 0. The first-order valence-corrected chi connectivity index (χ1v) is 4.61. The molecule has 0 unspecified atom stereocenters. The van der Waals surface area contributed by atoms with Crippen LogP contribution >= 0.6 is 22.6 Å². The zero-order chi connectivity index (χ0) is 10.7. The van der Waals surface area contributed by atoms with Crippen molar-refractivity contribution in [3.05, 3.63) is 27.1 Å². The fourth-order valence-electron chi connectivity index (χ4n) is 0.842. The number of hydrogen-bond acceptors (Lipinski definition) is 4. The first kappa shape index (κ1) is 10.9. The zero-order valence-corrected chi connectivity index (χ0v) is 9.31. The minimum absolute atomic E-state index is 0.169. The van der Waals surface area contributed by atoms with Gasteiger partial charge in [-0.15, -0.1) is 0 Å². The maximum atomic E-state index is 11.1. The van der Waals surface area contributed by atoms with Crippen molar-refractivity contribution in [1.82, 2.24) is 4.98 Å². The molecule has 0 fully saturated rings. The van der Waals surface area contributed by atoms with Gasteiger partial charge in [0.05, 0.1) is 12.7 Å². The highest BCUT2D eigenvalue weighted by Gasteiger charge is 2.12. The number of esters is 1. The van der Waals surface area contributed by atoms with Gasteiger partial charge in [-0.2, -0.15) is 0 Å². The molecule has 5 nitrogen and oxygen atoms in total. The Labute approximate surface area is 93.2 Å². The molecule has 14 heavy (non-hydrogen) atoms. The molecule has 1 rings (SSSR count). The Morgan fingerprint density at radius 3 is 2.64 bits per heavy atom. The third-order valence-corrected chi connectivity index (χ3v) is 1.99. The summed E-state index contributed by atoms with van der Waals surface area (Å²) in [6, 6.07) is 2.63. The van der Waals surface area contributed by atoms with Crippen LogP contribution < -0.4 is 0 Å². The molecule has 0 bridgehead atoms. The molecule has 0 amide bonds. The molecular formula is C8H6INO4. The van der Waals surface area contributed by atoms with Gasteiger partial charge in [0.15, 0.2) is 0 Å². The number of carboxylic acids is 1. The Kier molecular flexibility index (Phi) is 3.39. The predicted molar refractivity (Wildman–Crippen MR) is 55.3 cm³/mol. The van der Waals surface area contributed by atoms with E-state index in [1.165, 1.54) is 19.2 Å². The quantitative estimate of drug-likeness (QED) is 0.504. The van der Waals surface area contributed by atoms with Crippen LogP contribution in [0.2, 0.25) is 0 Å². The molecule has 0 aliphatic heterocycles. The molecule has 0 aliphatic rings. The monoisotopic (exact) mass is 307 g/mol. The fraction of sp³-hybridized carbons (Fsp3) is 0.125. The van der Waals surface area contributed by atoms with Gasteiger partial charge in [-0.05, 0) is 34.7 Å². The maximum Gasteiger partial charge on any atom is 0.354 e. The Hall–Kier alpha value is -1.18. The molecule has 1 N–H and O–H groups in total. The average molecular weight is 307 g/mol. The lowest BCUT2D eigenvalue weighted by atomic mass is 10.2. The van der Waals surface area contributed by atoms with Crippen LogP contribution in [0.25, 0.3) is 0 Å². The van der Waals surface area contributed by atoms with Crippen LogP contribution in [0.3, 0.4) is 0 Å². The van der Waals surface area contributed by atoms with Crippen LogP contribution in [0.5, 0.6) is 0 Å². The number of rotatable bonds is 2. The Morgan fingerprint density at radius 2 is 2.14 bits per heavy atom. The second-order valence-corrected chi connectivity index (χ2v) is 3.47. The van der Waals surface area contributed by atoms with E-state index in [0.717, 1.165) is 0 Å². The summed E-state index contributed by atoms with van der Waals surface area (Å²) in [5.41, 5.74) is 0.0154. The number of pyridine rings is 1. The highest BCUT2D eigenvalue weighted by atomic mass is 127. The number of carbonyl (C=O) groups excluding carboxylic acids is 1. The summed E-state index contributed by atoms with van der Waals surface area (Å²) < 4.78 is 4.90. The number of aromatic carboxylic acids is 1. The molecule has 74 valence electrons.